The van der Waals surface area contributed by atoms with Crippen LogP contribution in [0.15, 0.2) is 18.5 Å². The Balaban J connectivity index is 2.01. The fourth-order valence-corrected chi connectivity index (χ4v) is 2.83. The highest BCUT2D eigenvalue weighted by atomic mass is 16.2. The van der Waals surface area contributed by atoms with E-state index in [2.05, 4.69) is 10.3 Å². The van der Waals surface area contributed by atoms with E-state index in [-0.39, 0.29) is 5.91 Å². The first kappa shape index (κ1) is 13.8. The number of nitrogens with one attached hydrogen (secondary N) is 1. The first-order valence-corrected chi connectivity index (χ1v) is 7.09. The third-order valence-corrected chi connectivity index (χ3v) is 3.92. The van der Waals surface area contributed by atoms with Crippen molar-refractivity contribution in [2.24, 2.45) is 5.92 Å². The molecule has 0 aromatic carbocycles. The van der Waals surface area contributed by atoms with Crippen LogP contribution < -0.4 is 5.32 Å². The van der Waals surface area contributed by atoms with Crippen LogP contribution in [0.2, 0.25) is 0 Å². The van der Waals surface area contributed by atoms with Gasteiger partial charge < -0.3 is 10.2 Å². The summed E-state index contributed by atoms with van der Waals surface area (Å²) in [5, 5.41) is 3.05. The van der Waals surface area contributed by atoms with E-state index in [0.717, 1.165) is 12.2 Å². The van der Waals surface area contributed by atoms with Gasteiger partial charge in [0.15, 0.2) is 0 Å². The molecule has 0 aliphatic heterocycles. The number of carbonyl (C=O) groups is 1. The first-order chi connectivity index (χ1) is 9.22. The van der Waals surface area contributed by atoms with E-state index in [0.29, 0.717) is 11.5 Å². The van der Waals surface area contributed by atoms with Crippen molar-refractivity contribution in [3.8, 4) is 0 Å². The summed E-state index contributed by atoms with van der Waals surface area (Å²) >= 11 is 0. The predicted octanol–water partition coefficient (Wildman–Crippen LogP) is 2.78. The van der Waals surface area contributed by atoms with Gasteiger partial charge in [-0.1, -0.05) is 19.3 Å². The van der Waals surface area contributed by atoms with Crippen molar-refractivity contribution < 1.29 is 4.79 Å². The van der Waals surface area contributed by atoms with Crippen molar-refractivity contribution >= 4 is 11.6 Å². The topological polar surface area (TPSA) is 45.2 Å². The van der Waals surface area contributed by atoms with E-state index in [1.54, 1.807) is 12.4 Å². The van der Waals surface area contributed by atoms with Crippen LogP contribution in [0.25, 0.3) is 0 Å². The molecule has 1 amide bonds. The maximum atomic E-state index is 12.4. The molecule has 0 atom stereocenters. The molecule has 1 aromatic rings. The molecule has 2 rings (SSSR count). The largest absolute Gasteiger partial charge is 0.387 e. The van der Waals surface area contributed by atoms with Gasteiger partial charge in [-0.05, 0) is 24.8 Å². The highest BCUT2D eigenvalue weighted by Gasteiger charge is 2.20. The number of carbonyl (C=O) groups excluding carboxylic acids is 1. The van der Waals surface area contributed by atoms with Crippen molar-refractivity contribution in [2.75, 3.05) is 26.0 Å². The summed E-state index contributed by atoms with van der Waals surface area (Å²) in [4.78, 5) is 18.3. The normalized spacial score (nSPS) is 16.1. The number of pyridine rings is 1. The molecule has 0 unspecified atom stereocenters. The van der Waals surface area contributed by atoms with Gasteiger partial charge in [-0.3, -0.25) is 9.78 Å². The molecule has 0 spiro atoms. The minimum atomic E-state index is 0.0584. The SMILES string of the molecule is CNc1ccncc1C(=O)N(C)CC1CCCCC1. The molecule has 104 valence electrons. The molecule has 1 N–H and O–H groups in total. The maximum Gasteiger partial charge on any atom is 0.257 e. The molecule has 0 saturated heterocycles. The Bertz CT molecular complexity index is 427. The molecule has 0 bridgehead atoms. The van der Waals surface area contributed by atoms with E-state index in [1.165, 1.54) is 32.1 Å². The van der Waals surface area contributed by atoms with Crippen LogP contribution in [-0.2, 0) is 0 Å². The molecule has 1 heterocycles. The highest BCUT2D eigenvalue weighted by Crippen LogP contribution is 2.25. The van der Waals surface area contributed by atoms with Crippen molar-refractivity contribution in [1.29, 1.82) is 0 Å². The summed E-state index contributed by atoms with van der Waals surface area (Å²) in [6, 6.07) is 1.84. The van der Waals surface area contributed by atoms with Crippen LogP contribution in [0.3, 0.4) is 0 Å². The van der Waals surface area contributed by atoms with Crippen LogP contribution in [0.5, 0.6) is 0 Å². The van der Waals surface area contributed by atoms with Gasteiger partial charge in [0.2, 0.25) is 0 Å². The van der Waals surface area contributed by atoms with E-state index < -0.39 is 0 Å². The van der Waals surface area contributed by atoms with Gasteiger partial charge in [0.25, 0.3) is 5.91 Å². The predicted molar refractivity (Wildman–Crippen MR) is 77.3 cm³/mol. The highest BCUT2D eigenvalue weighted by molar-refractivity contribution is 5.99. The second-order valence-electron chi connectivity index (χ2n) is 5.36. The van der Waals surface area contributed by atoms with Crippen molar-refractivity contribution in [1.82, 2.24) is 9.88 Å². The minimum Gasteiger partial charge on any atom is -0.387 e. The van der Waals surface area contributed by atoms with Gasteiger partial charge in [0.1, 0.15) is 0 Å². The summed E-state index contributed by atoms with van der Waals surface area (Å²) in [7, 11) is 3.72. The fourth-order valence-electron chi connectivity index (χ4n) is 2.83. The molecular weight excluding hydrogens is 238 g/mol. The van der Waals surface area contributed by atoms with E-state index in [1.807, 2.05) is 25.1 Å². The summed E-state index contributed by atoms with van der Waals surface area (Å²) < 4.78 is 0. The van der Waals surface area contributed by atoms with E-state index in [4.69, 9.17) is 0 Å². The molecular formula is C15H23N3O. The van der Waals surface area contributed by atoms with Crippen molar-refractivity contribution in [3.63, 3.8) is 0 Å². The second kappa shape index (κ2) is 6.55. The van der Waals surface area contributed by atoms with Gasteiger partial charge >= 0.3 is 0 Å². The monoisotopic (exact) mass is 261 g/mol. The zero-order valence-corrected chi connectivity index (χ0v) is 11.9. The Morgan fingerprint density at radius 3 is 2.84 bits per heavy atom. The smallest absolute Gasteiger partial charge is 0.257 e. The third kappa shape index (κ3) is 3.46. The summed E-state index contributed by atoms with van der Waals surface area (Å²) in [6.45, 7) is 0.858. The summed E-state index contributed by atoms with van der Waals surface area (Å²) in [5.41, 5.74) is 1.50. The number of amides is 1. The first-order valence-electron chi connectivity index (χ1n) is 7.09. The average Bonchev–Trinajstić information content (AvgIpc) is 2.47. The lowest BCUT2D eigenvalue weighted by molar-refractivity contribution is 0.0761. The van der Waals surface area contributed by atoms with Crippen LogP contribution >= 0.6 is 0 Å². The number of hydrogen-bond acceptors (Lipinski definition) is 3. The van der Waals surface area contributed by atoms with Gasteiger partial charge in [0, 0.05) is 38.7 Å². The summed E-state index contributed by atoms with van der Waals surface area (Å²) in [5.74, 6) is 0.723. The maximum absolute atomic E-state index is 12.4. The lowest BCUT2D eigenvalue weighted by Gasteiger charge is -2.27. The molecule has 4 nitrogen and oxygen atoms in total. The van der Waals surface area contributed by atoms with E-state index in [9.17, 15) is 4.79 Å². The number of nitrogens with zero attached hydrogens (tertiary/aromatic N) is 2. The Kier molecular flexibility index (Phi) is 4.77. The van der Waals surface area contributed by atoms with Gasteiger partial charge in [-0.25, -0.2) is 0 Å². The zero-order valence-electron chi connectivity index (χ0n) is 11.9. The lowest BCUT2D eigenvalue weighted by atomic mass is 9.89. The number of hydrogen-bond donors (Lipinski definition) is 1. The van der Waals surface area contributed by atoms with Crippen LogP contribution in [0.1, 0.15) is 42.5 Å². The van der Waals surface area contributed by atoms with Crippen LogP contribution in [0.4, 0.5) is 5.69 Å². The van der Waals surface area contributed by atoms with Gasteiger partial charge in [-0.15, -0.1) is 0 Å². The Hall–Kier alpha value is -1.58. The van der Waals surface area contributed by atoms with Crippen LogP contribution in [0, 0.1) is 5.92 Å². The molecule has 1 saturated carbocycles. The molecule has 1 aliphatic carbocycles. The number of aromatic nitrogens is 1. The molecule has 1 aromatic heterocycles. The summed E-state index contributed by atoms with van der Waals surface area (Å²) in [6.07, 6.45) is 9.81. The molecule has 1 fully saturated rings. The second-order valence-corrected chi connectivity index (χ2v) is 5.36. The third-order valence-electron chi connectivity index (χ3n) is 3.92. The van der Waals surface area contributed by atoms with Crippen molar-refractivity contribution in [3.05, 3.63) is 24.0 Å². The fraction of sp³-hybridized carbons (Fsp3) is 0.600. The number of anilines is 1. The lowest BCUT2D eigenvalue weighted by Crippen LogP contribution is -2.33. The standard InChI is InChI=1S/C15H23N3O/c1-16-14-8-9-17-10-13(14)15(19)18(2)11-12-6-4-3-5-7-12/h8-10,12H,3-7,11H2,1-2H3,(H,16,17). The van der Waals surface area contributed by atoms with E-state index >= 15 is 0 Å². The quantitative estimate of drug-likeness (QED) is 0.906. The average molecular weight is 261 g/mol. The van der Waals surface area contributed by atoms with Crippen LogP contribution in [-0.4, -0.2) is 36.4 Å². The Morgan fingerprint density at radius 1 is 1.42 bits per heavy atom. The van der Waals surface area contributed by atoms with Gasteiger partial charge in [0.05, 0.1) is 5.56 Å². The van der Waals surface area contributed by atoms with Crippen molar-refractivity contribution in [2.45, 2.75) is 32.1 Å². The molecule has 0 radical (unpaired) electrons. The Labute approximate surface area is 115 Å². The van der Waals surface area contributed by atoms with Gasteiger partial charge in [-0.2, -0.15) is 0 Å². The minimum absolute atomic E-state index is 0.0584. The molecule has 1 aliphatic rings. The zero-order chi connectivity index (χ0) is 13.7. The molecule has 19 heavy (non-hydrogen) atoms. The number of rotatable bonds is 4. The molecule has 4 heteroatoms. The Morgan fingerprint density at radius 2 is 2.16 bits per heavy atom.